The second kappa shape index (κ2) is 6.66. The fraction of sp³-hybridized carbons (Fsp3) is 0.250. The zero-order valence-electron chi connectivity index (χ0n) is 11.6. The van der Waals surface area contributed by atoms with E-state index in [1.54, 1.807) is 6.20 Å². The van der Waals surface area contributed by atoms with Crippen molar-refractivity contribution in [3.8, 4) is 0 Å². The Balaban J connectivity index is 2.00. The van der Waals surface area contributed by atoms with Gasteiger partial charge in [-0.05, 0) is 43.2 Å². The van der Waals surface area contributed by atoms with Crippen molar-refractivity contribution in [1.29, 1.82) is 0 Å². The molecule has 1 heterocycles. The fourth-order valence-corrected chi connectivity index (χ4v) is 2.42. The van der Waals surface area contributed by atoms with Crippen LogP contribution < -0.4 is 5.32 Å². The maximum Gasteiger partial charge on any atom is 0.226 e. The van der Waals surface area contributed by atoms with Gasteiger partial charge in [-0.25, -0.2) is 0 Å². The van der Waals surface area contributed by atoms with Gasteiger partial charge in [0, 0.05) is 10.7 Å². The molecule has 2 rings (SSSR count). The number of carbonyl (C=O) groups is 1. The Morgan fingerprint density at radius 1 is 1.35 bits per heavy atom. The molecule has 1 N–H and O–H groups in total. The van der Waals surface area contributed by atoms with Gasteiger partial charge in [0.15, 0.2) is 0 Å². The topological polar surface area (TPSA) is 42.0 Å². The van der Waals surface area contributed by atoms with E-state index in [-0.39, 0.29) is 11.9 Å². The van der Waals surface area contributed by atoms with Crippen molar-refractivity contribution >= 4 is 21.8 Å². The summed E-state index contributed by atoms with van der Waals surface area (Å²) in [6.07, 6.45) is 2.03. The van der Waals surface area contributed by atoms with E-state index in [9.17, 15) is 4.79 Å². The van der Waals surface area contributed by atoms with E-state index < -0.39 is 0 Å². The molecule has 0 aliphatic heterocycles. The number of hydrogen-bond acceptors (Lipinski definition) is 2. The van der Waals surface area contributed by atoms with Gasteiger partial charge in [0.2, 0.25) is 5.91 Å². The summed E-state index contributed by atoms with van der Waals surface area (Å²) >= 11 is 3.44. The molecule has 0 aliphatic rings. The Labute approximate surface area is 127 Å². The molecule has 20 heavy (non-hydrogen) atoms. The first-order chi connectivity index (χ1) is 9.56. The first-order valence-electron chi connectivity index (χ1n) is 6.51. The van der Waals surface area contributed by atoms with Gasteiger partial charge < -0.3 is 5.32 Å². The molecule has 0 aliphatic carbocycles. The maximum absolute atomic E-state index is 12.1. The van der Waals surface area contributed by atoms with Crippen LogP contribution in [0, 0.1) is 6.92 Å². The van der Waals surface area contributed by atoms with Crippen molar-refractivity contribution in [1.82, 2.24) is 10.3 Å². The zero-order chi connectivity index (χ0) is 14.5. The van der Waals surface area contributed by atoms with E-state index in [1.807, 2.05) is 50.2 Å². The molecule has 1 aromatic heterocycles. The van der Waals surface area contributed by atoms with Crippen molar-refractivity contribution in [2.45, 2.75) is 26.3 Å². The lowest BCUT2D eigenvalue weighted by atomic mass is 10.1. The number of amides is 1. The standard InChI is InChI=1S/C16H17BrN2O/c1-11-5-4-8-18-15(11)10-16(20)19-12(2)13-6-3-7-14(17)9-13/h3-9,12H,10H2,1-2H3,(H,19,20). The number of benzene rings is 1. The van der Waals surface area contributed by atoms with Gasteiger partial charge in [-0.3, -0.25) is 9.78 Å². The van der Waals surface area contributed by atoms with Gasteiger partial charge in [0.25, 0.3) is 0 Å². The predicted octanol–water partition coefficient (Wildman–Crippen LogP) is 3.57. The molecule has 4 heteroatoms. The molecular weight excluding hydrogens is 316 g/mol. The van der Waals surface area contributed by atoms with Crippen molar-refractivity contribution in [2.75, 3.05) is 0 Å². The van der Waals surface area contributed by atoms with Crippen LogP contribution >= 0.6 is 15.9 Å². The minimum absolute atomic E-state index is 0.0146. The number of halogens is 1. The molecule has 1 amide bonds. The molecule has 3 nitrogen and oxygen atoms in total. The first kappa shape index (κ1) is 14.7. The van der Waals surface area contributed by atoms with E-state index in [0.717, 1.165) is 21.3 Å². The van der Waals surface area contributed by atoms with Crippen molar-refractivity contribution in [3.05, 3.63) is 63.9 Å². The quantitative estimate of drug-likeness (QED) is 0.929. The second-order valence-electron chi connectivity index (χ2n) is 4.79. The molecule has 0 spiro atoms. The van der Waals surface area contributed by atoms with Crippen molar-refractivity contribution < 1.29 is 4.79 Å². The maximum atomic E-state index is 12.1. The fourth-order valence-electron chi connectivity index (χ4n) is 2.01. The number of aryl methyl sites for hydroxylation is 1. The molecule has 0 bridgehead atoms. The molecule has 0 fully saturated rings. The summed E-state index contributed by atoms with van der Waals surface area (Å²) < 4.78 is 1.01. The summed E-state index contributed by atoms with van der Waals surface area (Å²) in [7, 11) is 0. The smallest absolute Gasteiger partial charge is 0.226 e. The lowest BCUT2D eigenvalue weighted by Gasteiger charge is -2.15. The number of aromatic nitrogens is 1. The van der Waals surface area contributed by atoms with E-state index in [1.165, 1.54) is 0 Å². The van der Waals surface area contributed by atoms with Crippen LogP contribution in [0.15, 0.2) is 47.1 Å². The van der Waals surface area contributed by atoms with Crippen LogP contribution in [0.5, 0.6) is 0 Å². The monoisotopic (exact) mass is 332 g/mol. The molecule has 1 aromatic carbocycles. The predicted molar refractivity (Wildman–Crippen MR) is 83.4 cm³/mol. The Bertz CT molecular complexity index is 613. The molecule has 0 radical (unpaired) electrons. The van der Waals surface area contributed by atoms with Gasteiger partial charge in [-0.15, -0.1) is 0 Å². The number of pyridine rings is 1. The number of hydrogen-bond donors (Lipinski definition) is 1. The average molecular weight is 333 g/mol. The Morgan fingerprint density at radius 3 is 2.85 bits per heavy atom. The van der Waals surface area contributed by atoms with Gasteiger partial charge in [-0.2, -0.15) is 0 Å². The summed E-state index contributed by atoms with van der Waals surface area (Å²) in [4.78, 5) is 16.3. The molecule has 2 aromatic rings. The third-order valence-corrected chi connectivity index (χ3v) is 3.67. The highest BCUT2D eigenvalue weighted by atomic mass is 79.9. The SMILES string of the molecule is Cc1cccnc1CC(=O)NC(C)c1cccc(Br)c1. The summed E-state index contributed by atoms with van der Waals surface area (Å²) in [6.45, 7) is 3.94. The molecule has 0 saturated carbocycles. The highest BCUT2D eigenvalue weighted by Gasteiger charge is 2.11. The molecule has 0 saturated heterocycles. The van der Waals surface area contributed by atoms with Crippen LogP contribution in [-0.2, 0) is 11.2 Å². The van der Waals surface area contributed by atoms with Crippen LogP contribution in [-0.4, -0.2) is 10.9 Å². The third kappa shape index (κ3) is 3.90. The van der Waals surface area contributed by atoms with Crippen LogP contribution in [0.3, 0.4) is 0 Å². The van der Waals surface area contributed by atoms with Crippen LogP contribution in [0.1, 0.15) is 29.8 Å². The largest absolute Gasteiger partial charge is 0.349 e. The zero-order valence-corrected chi connectivity index (χ0v) is 13.1. The normalized spacial score (nSPS) is 11.9. The number of carbonyl (C=O) groups excluding carboxylic acids is 1. The second-order valence-corrected chi connectivity index (χ2v) is 5.70. The summed E-state index contributed by atoms with van der Waals surface area (Å²) in [6, 6.07) is 11.8. The number of nitrogens with zero attached hydrogens (tertiary/aromatic N) is 1. The van der Waals surface area contributed by atoms with Gasteiger partial charge >= 0.3 is 0 Å². The summed E-state index contributed by atoms with van der Waals surface area (Å²) in [5.74, 6) is -0.0146. The van der Waals surface area contributed by atoms with Crippen LogP contribution in [0.4, 0.5) is 0 Å². The van der Waals surface area contributed by atoms with Crippen LogP contribution in [0.25, 0.3) is 0 Å². The molecular formula is C16H17BrN2O. The summed E-state index contributed by atoms with van der Waals surface area (Å²) in [5.41, 5.74) is 2.94. The van der Waals surface area contributed by atoms with E-state index in [2.05, 4.69) is 26.2 Å². The lowest BCUT2D eigenvalue weighted by Crippen LogP contribution is -2.28. The molecule has 1 atom stereocenters. The van der Waals surface area contributed by atoms with Gasteiger partial charge in [-0.1, -0.05) is 34.1 Å². The van der Waals surface area contributed by atoms with Crippen molar-refractivity contribution in [2.24, 2.45) is 0 Å². The number of rotatable bonds is 4. The van der Waals surface area contributed by atoms with E-state index >= 15 is 0 Å². The number of nitrogens with one attached hydrogen (secondary N) is 1. The third-order valence-electron chi connectivity index (χ3n) is 3.17. The van der Waals surface area contributed by atoms with Crippen molar-refractivity contribution in [3.63, 3.8) is 0 Å². The minimum atomic E-state index is -0.0241. The molecule has 1 unspecified atom stereocenters. The van der Waals surface area contributed by atoms with E-state index in [4.69, 9.17) is 0 Å². The minimum Gasteiger partial charge on any atom is -0.349 e. The van der Waals surface area contributed by atoms with Crippen LogP contribution in [0.2, 0.25) is 0 Å². The summed E-state index contributed by atoms with van der Waals surface area (Å²) in [5, 5.41) is 3.00. The van der Waals surface area contributed by atoms with E-state index in [0.29, 0.717) is 6.42 Å². The van der Waals surface area contributed by atoms with Gasteiger partial charge in [0.05, 0.1) is 18.2 Å². The average Bonchev–Trinajstić information content (AvgIpc) is 2.41. The highest BCUT2D eigenvalue weighted by molar-refractivity contribution is 9.10. The lowest BCUT2D eigenvalue weighted by molar-refractivity contribution is -0.121. The Morgan fingerprint density at radius 2 is 2.15 bits per heavy atom. The van der Waals surface area contributed by atoms with Gasteiger partial charge in [0.1, 0.15) is 0 Å². The Hall–Kier alpha value is -1.68. The molecule has 104 valence electrons. The first-order valence-corrected chi connectivity index (χ1v) is 7.31. The Kier molecular flexibility index (Phi) is 4.90. The highest BCUT2D eigenvalue weighted by Crippen LogP contribution is 2.18.